The lowest BCUT2D eigenvalue weighted by Crippen LogP contribution is -2.16. The standard InChI is InChI=1S/C16H20N2O/c1-11(2)19-15-10-5-4-8-13(15)16(17)14-9-6-7-12(3)18-14/h4-11,16H,17H2,1-3H3. The van der Waals surface area contributed by atoms with Crippen LogP contribution in [-0.2, 0) is 0 Å². The van der Waals surface area contributed by atoms with Crippen molar-refractivity contribution in [2.45, 2.75) is 32.9 Å². The van der Waals surface area contributed by atoms with Crippen LogP contribution in [0.3, 0.4) is 0 Å². The maximum absolute atomic E-state index is 6.32. The number of nitrogens with zero attached hydrogens (tertiary/aromatic N) is 1. The van der Waals surface area contributed by atoms with Crippen molar-refractivity contribution in [1.82, 2.24) is 4.98 Å². The summed E-state index contributed by atoms with van der Waals surface area (Å²) in [6.45, 7) is 5.98. The van der Waals surface area contributed by atoms with E-state index in [0.29, 0.717) is 0 Å². The largest absolute Gasteiger partial charge is 0.491 e. The number of hydrogen-bond acceptors (Lipinski definition) is 3. The van der Waals surface area contributed by atoms with Crippen molar-refractivity contribution in [3.05, 3.63) is 59.4 Å². The molecule has 2 N–H and O–H groups in total. The highest BCUT2D eigenvalue weighted by molar-refractivity contribution is 5.39. The Morgan fingerprint density at radius 2 is 1.79 bits per heavy atom. The van der Waals surface area contributed by atoms with Crippen LogP contribution in [0.5, 0.6) is 5.75 Å². The first-order chi connectivity index (χ1) is 9.08. The fourth-order valence-corrected chi connectivity index (χ4v) is 2.00. The van der Waals surface area contributed by atoms with Gasteiger partial charge in [0.2, 0.25) is 0 Å². The van der Waals surface area contributed by atoms with E-state index < -0.39 is 0 Å². The van der Waals surface area contributed by atoms with Gasteiger partial charge in [-0.1, -0.05) is 24.3 Å². The van der Waals surface area contributed by atoms with Crippen LogP contribution in [0.25, 0.3) is 0 Å². The predicted octanol–water partition coefficient (Wildman–Crippen LogP) is 3.23. The second kappa shape index (κ2) is 5.85. The molecule has 2 rings (SSSR count). The highest BCUT2D eigenvalue weighted by Crippen LogP contribution is 2.28. The van der Waals surface area contributed by atoms with E-state index in [4.69, 9.17) is 10.5 Å². The highest BCUT2D eigenvalue weighted by atomic mass is 16.5. The molecule has 19 heavy (non-hydrogen) atoms. The van der Waals surface area contributed by atoms with Crippen molar-refractivity contribution < 1.29 is 4.74 Å². The van der Waals surface area contributed by atoms with Gasteiger partial charge in [0.15, 0.2) is 0 Å². The predicted molar refractivity (Wildman–Crippen MR) is 77.2 cm³/mol. The van der Waals surface area contributed by atoms with Gasteiger partial charge in [-0.05, 0) is 39.0 Å². The Morgan fingerprint density at radius 1 is 1.05 bits per heavy atom. The van der Waals surface area contributed by atoms with Crippen LogP contribution < -0.4 is 10.5 Å². The second-order valence-corrected chi connectivity index (χ2v) is 4.89. The first-order valence-electron chi connectivity index (χ1n) is 6.52. The molecule has 3 heteroatoms. The summed E-state index contributed by atoms with van der Waals surface area (Å²) in [5, 5.41) is 0. The summed E-state index contributed by atoms with van der Waals surface area (Å²) in [7, 11) is 0. The number of aromatic nitrogens is 1. The molecular formula is C16H20N2O. The summed E-state index contributed by atoms with van der Waals surface area (Å²) in [6.07, 6.45) is 0.124. The number of rotatable bonds is 4. The van der Waals surface area contributed by atoms with Gasteiger partial charge in [-0.25, -0.2) is 0 Å². The van der Waals surface area contributed by atoms with Crippen LogP contribution in [0.4, 0.5) is 0 Å². The first kappa shape index (κ1) is 13.6. The maximum Gasteiger partial charge on any atom is 0.124 e. The number of benzene rings is 1. The van der Waals surface area contributed by atoms with Gasteiger partial charge in [0.05, 0.1) is 17.8 Å². The molecule has 1 atom stereocenters. The van der Waals surface area contributed by atoms with E-state index in [2.05, 4.69) is 4.98 Å². The molecule has 1 heterocycles. The molecule has 0 saturated carbocycles. The molecule has 100 valence electrons. The summed E-state index contributed by atoms with van der Waals surface area (Å²) >= 11 is 0. The lowest BCUT2D eigenvalue weighted by atomic mass is 10.0. The smallest absolute Gasteiger partial charge is 0.124 e. The number of aryl methyl sites for hydroxylation is 1. The van der Waals surface area contributed by atoms with Gasteiger partial charge in [0, 0.05) is 11.3 Å². The molecule has 0 amide bonds. The zero-order valence-electron chi connectivity index (χ0n) is 11.6. The summed E-state index contributed by atoms with van der Waals surface area (Å²) in [5.74, 6) is 0.827. The molecular weight excluding hydrogens is 236 g/mol. The molecule has 0 radical (unpaired) electrons. The van der Waals surface area contributed by atoms with Gasteiger partial charge in [0.25, 0.3) is 0 Å². The Balaban J connectivity index is 2.35. The molecule has 0 bridgehead atoms. The third-order valence-corrected chi connectivity index (χ3v) is 2.85. The molecule has 1 unspecified atom stereocenters. The number of nitrogens with two attached hydrogens (primary N) is 1. The minimum Gasteiger partial charge on any atom is -0.491 e. The second-order valence-electron chi connectivity index (χ2n) is 4.89. The van der Waals surface area contributed by atoms with E-state index in [-0.39, 0.29) is 12.1 Å². The van der Waals surface area contributed by atoms with E-state index in [1.807, 2.05) is 63.2 Å². The normalized spacial score (nSPS) is 12.5. The zero-order chi connectivity index (χ0) is 13.8. The quantitative estimate of drug-likeness (QED) is 0.913. The summed E-state index contributed by atoms with van der Waals surface area (Å²) in [6, 6.07) is 13.5. The third-order valence-electron chi connectivity index (χ3n) is 2.85. The van der Waals surface area contributed by atoms with Gasteiger partial charge in [-0.15, -0.1) is 0 Å². The fourth-order valence-electron chi connectivity index (χ4n) is 2.00. The van der Waals surface area contributed by atoms with Crippen molar-refractivity contribution >= 4 is 0 Å². The topological polar surface area (TPSA) is 48.1 Å². The minimum absolute atomic E-state index is 0.124. The molecule has 0 spiro atoms. The summed E-state index contributed by atoms with van der Waals surface area (Å²) in [5.41, 5.74) is 9.11. The summed E-state index contributed by atoms with van der Waals surface area (Å²) in [4.78, 5) is 4.49. The molecule has 3 nitrogen and oxygen atoms in total. The Labute approximate surface area is 114 Å². The van der Waals surface area contributed by atoms with Crippen molar-refractivity contribution in [2.24, 2.45) is 5.73 Å². The molecule has 0 saturated heterocycles. The van der Waals surface area contributed by atoms with Crippen LogP contribution in [-0.4, -0.2) is 11.1 Å². The Kier molecular flexibility index (Phi) is 4.17. The first-order valence-corrected chi connectivity index (χ1v) is 6.52. The van der Waals surface area contributed by atoms with E-state index in [1.165, 1.54) is 0 Å². The molecule has 1 aromatic carbocycles. The molecule has 1 aromatic heterocycles. The maximum atomic E-state index is 6.32. The van der Waals surface area contributed by atoms with Gasteiger partial charge in [-0.2, -0.15) is 0 Å². The number of ether oxygens (including phenoxy) is 1. The highest BCUT2D eigenvalue weighted by Gasteiger charge is 2.15. The van der Waals surface area contributed by atoms with E-state index in [9.17, 15) is 0 Å². The van der Waals surface area contributed by atoms with Crippen molar-refractivity contribution in [1.29, 1.82) is 0 Å². The van der Waals surface area contributed by atoms with Crippen LogP contribution in [0, 0.1) is 6.92 Å². The van der Waals surface area contributed by atoms with E-state index in [1.54, 1.807) is 0 Å². The SMILES string of the molecule is Cc1cccc(C(N)c2ccccc2OC(C)C)n1. The molecule has 0 aliphatic heterocycles. The van der Waals surface area contributed by atoms with Gasteiger partial charge in [0.1, 0.15) is 5.75 Å². The van der Waals surface area contributed by atoms with Crippen molar-refractivity contribution in [2.75, 3.05) is 0 Å². The summed E-state index contributed by atoms with van der Waals surface area (Å²) < 4.78 is 5.81. The van der Waals surface area contributed by atoms with Crippen LogP contribution in [0.2, 0.25) is 0 Å². The van der Waals surface area contributed by atoms with Crippen molar-refractivity contribution in [3.63, 3.8) is 0 Å². The van der Waals surface area contributed by atoms with E-state index >= 15 is 0 Å². The third kappa shape index (κ3) is 3.32. The molecule has 0 fully saturated rings. The minimum atomic E-state index is -0.269. The zero-order valence-corrected chi connectivity index (χ0v) is 11.6. The van der Waals surface area contributed by atoms with Crippen LogP contribution >= 0.6 is 0 Å². The lowest BCUT2D eigenvalue weighted by molar-refractivity contribution is 0.239. The van der Waals surface area contributed by atoms with E-state index in [0.717, 1.165) is 22.7 Å². The van der Waals surface area contributed by atoms with Crippen LogP contribution in [0.1, 0.15) is 36.8 Å². The average molecular weight is 256 g/mol. The Hall–Kier alpha value is -1.87. The van der Waals surface area contributed by atoms with Gasteiger partial charge >= 0.3 is 0 Å². The average Bonchev–Trinajstić information content (AvgIpc) is 2.38. The molecule has 2 aromatic rings. The lowest BCUT2D eigenvalue weighted by Gasteiger charge is -2.18. The number of hydrogen-bond donors (Lipinski definition) is 1. The molecule has 0 aliphatic carbocycles. The number of pyridine rings is 1. The van der Waals surface area contributed by atoms with Crippen molar-refractivity contribution in [3.8, 4) is 5.75 Å². The molecule has 0 aliphatic rings. The Morgan fingerprint density at radius 3 is 2.47 bits per heavy atom. The van der Waals surface area contributed by atoms with Crippen LogP contribution in [0.15, 0.2) is 42.5 Å². The number of para-hydroxylation sites is 1. The fraction of sp³-hybridized carbons (Fsp3) is 0.312. The van der Waals surface area contributed by atoms with Gasteiger partial charge < -0.3 is 10.5 Å². The van der Waals surface area contributed by atoms with Gasteiger partial charge in [-0.3, -0.25) is 4.98 Å². The Bertz CT molecular complexity index is 552. The monoisotopic (exact) mass is 256 g/mol.